The summed E-state index contributed by atoms with van der Waals surface area (Å²) in [6.45, 7) is 9.86. The highest BCUT2D eigenvalue weighted by atomic mass is 32.2. The largest absolute Gasteiger partial charge is 0.444 e. The number of nitrogens with zero attached hydrogens (tertiary/aromatic N) is 1. The van der Waals surface area contributed by atoms with Gasteiger partial charge in [0.05, 0.1) is 12.0 Å². The molecule has 2 amide bonds. The number of ether oxygens (including phenoxy) is 2. The van der Waals surface area contributed by atoms with Gasteiger partial charge >= 0.3 is 6.09 Å². The van der Waals surface area contributed by atoms with E-state index in [1.54, 1.807) is 16.7 Å². The first-order chi connectivity index (χ1) is 15.6. The van der Waals surface area contributed by atoms with Crippen LogP contribution in [0.1, 0.15) is 59.8 Å². The van der Waals surface area contributed by atoms with E-state index >= 15 is 0 Å². The van der Waals surface area contributed by atoms with E-state index in [0.29, 0.717) is 31.0 Å². The highest BCUT2D eigenvalue weighted by Gasteiger charge is 2.46. The molecule has 0 spiro atoms. The van der Waals surface area contributed by atoms with E-state index in [2.05, 4.69) is 22.9 Å². The maximum Gasteiger partial charge on any atom is 0.410 e. The van der Waals surface area contributed by atoms with Crippen LogP contribution in [0.25, 0.3) is 0 Å². The summed E-state index contributed by atoms with van der Waals surface area (Å²) in [7, 11) is 1.82. The molecule has 3 aliphatic heterocycles. The molecule has 8 nitrogen and oxygen atoms in total. The molecule has 1 aliphatic carbocycles. The minimum atomic E-state index is -0.492. The van der Waals surface area contributed by atoms with Crippen molar-refractivity contribution in [2.45, 2.75) is 94.3 Å². The summed E-state index contributed by atoms with van der Waals surface area (Å²) in [6.07, 6.45) is 5.73. The van der Waals surface area contributed by atoms with E-state index in [1.807, 2.05) is 27.9 Å². The Morgan fingerprint density at radius 2 is 1.88 bits per heavy atom. The molecule has 0 radical (unpaired) electrons. The Kier molecular flexibility index (Phi) is 7.83. The summed E-state index contributed by atoms with van der Waals surface area (Å²) in [5.41, 5.74) is -0.605. The van der Waals surface area contributed by atoms with Crippen LogP contribution in [0, 0.1) is 17.8 Å². The maximum atomic E-state index is 13.4. The van der Waals surface area contributed by atoms with E-state index < -0.39 is 5.60 Å². The van der Waals surface area contributed by atoms with Gasteiger partial charge in [0.2, 0.25) is 5.91 Å². The molecule has 33 heavy (non-hydrogen) atoms. The molecule has 4 rings (SSSR count). The van der Waals surface area contributed by atoms with Crippen molar-refractivity contribution in [2.24, 2.45) is 17.8 Å². The lowest BCUT2D eigenvalue weighted by Gasteiger charge is -2.44. The number of rotatable bonds is 4. The summed E-state index contributed by atoms with van der Waals surface area (Å²) in [4.78, 5) is 27.6. The standard InChI is InChI=1S/C24H42N4O4S/c1-14-10-16(15-8-6-7-9-19(15)31-5)17(11-25-14)21(29)27-22-26-18-12-28(13-20(18)33-22)23(30)32-24(2,3)4/h14-20,22,25-26H,6-13H2,1-5H3,(H,27,29). The molecule has 8 atom stereocenters. The third-order valence-corrected chi connectivity index (χ3v) is 8.99. The second-order valence-electron chi connectivity index (χ2n) is 11.3. The molecule has 0 aromatic heterocycles. The normalized spacial score (nSPS) is 39.2. The molecule has 3 N–H and O–H groups in total. The summed E-state index contributed by atoms with van der Waals surface area (Å²) in [5.74, 6) is 0.895. The SMILES string of the molecule is COC1CCCCC1C1CC(C)NCC1C(=O)NC1NC2CN(C(=O)OC(C)(C)C)CC2S1. The van der Waals surface area contributed by atoms with Crippen molar-refractivity contribution in [3.8, 4) is 0 Å². The molecular formula is C24H42N4O4S. The minimum Gasteiger partial charge on any atom is -0.444 e. The second-order valence-corrected chi connectivity index (χ2v) is 12.6. The number of hydrogen-bond donors (Lipinski definition) is 3. The lowest BCUT2D eigenvalue weighted by atomic mass is 9.68. The summed E-state index contributed by atoms with van der Waals surface area (Å²) in [5, 5.41) is 10.6. The number of likely N-dealkylation sites (tertiary alicyclic amines) is 1. The Balaban J connectivity index is 1.32. The summed E-state index contributed by atoms with van der Waals surface area (Å²) < 4.78 is 11.4. The van der Waals surface area contributed by atoms with E-state index in [-0.39, 0.29) is 40.8 Å². The highest BCUT2D eigenvalue weighted by molar-refractivity contribution is 8.00. The van der Waals surface area contributed by atoms with Gasteiger partial charge < -0.3 is 25.0 Å². The van der Waals surface area contributed by atoms with Crippen LogP contribution in [-0.4, -0.2) is 78.2 Å². The van der Waals surface area contributed by atoms with E-state index in [1.165, 1.54) is 12.8 Å². The zero-order chi connectivity index (χ0) is 23.8. The fourth-order valence-electron chi connectivity index (χ4n) is 6.07. The molecule has 1 saturated carbocycles. The predicted octanol–water partition coefficient (Wildman–Crippen LogP) is 2.53. The smallest absolute Gasteiger partial charge is 0.410 e. The van der Waals surface area contributed by atoms with Crippen molar-refractivity contribution in [3.63, 3.8) is 0 Å². The van der Waals surface area contributed by atoms with Crippen LogP contribution >= 0.6 is 11.8 Å². The van der Waals surface area contributed by atoms with Gasteiger partial charge in [0.15, 0.2) is 0 Å². The Morgan fingerprint density at radius 3 is 2.58 bits per heavy atom. The van der Waals surface area contributed by atoms with E-state index in [9.17, 15) is 9.59 Å². The molecule has 0 aromatic rings. The number of thioether (sulfide) groups is 1. The van der Waals surface area contributed by atoms with Gasteiger partial charge in [0.25, 0.3) is 0 Å². The van der Waals surface area contributed by atoms with Crippen molar-refractivity contribution in [2.75, 3.05) is 26.7 Å². The van der Waals surface area contributed by atoms with Crippen LogP contribution in [0.15, 0.2) is 0 Å². The molecular weight excluding hydrogens is 440 g/mol. The van der Waals surface area contributed by atoms with Gasteiger partial charge in [-0.1, -0.05) is 12.8 Å². The van der Waals surface area contributed by atoms with Crippen LogP contribution in [0.5, 0.6) is 0 Å². The fraction of sp³-hybridized carbons (Fsp3) is 0.917. The maximum absolute atomic E-state index is 13.4. The first-order valence-electron chi connectivity index (χ1n) is 12.6. The van der Waals surface area contributed by atoms with Gasteiger partial charge in [-0.2, -0.15) is 0 Å². The number of nitrogens with one attached hydrogen (secondary N) is 3. The molecule has 188 valence electrons. The van der Waals surface area contributed by atoms with Crippen molar-refractivity contribution in [1.29, 1.82) is 0 Å². The lowest BCUT2D eigenvalue weighted by Crippen LogP contribution is -2.55. The Hall–Kier alpha value is -1.03. The van der Waals surface area contributed by atoms with Gasteiger partial charge in [0, 0.05) is 44.1 Å². The number of carbonyl (C=O) groups is 2. The van der Waals surface area contributed by atoms with Gasteiger partial charge in [-0.25, -0.2) is 4.79 Å². The van der Waals surface area contributed by atoms with Crippen molar-refractivity contribution < 1.29 is 19.1 Å². The monoisotopic (exact) mass is 482 g/mol. The van der Waals surface area contributed by atoms with Crippen LogP contribution < -0.4 is 16.0 Å². The molecule has 4 fully saturated rings. The zero-order valence-electron chi connectivity index (χ0n) is 20.8. The average molecular weight is 483 g/mol. The molecule has 4 aliphatic rings. The first-order valence-corrected chi connectivity index (χ1v) is 13.5. The van der Waals surface area contributed by atoms with Crippen molar-refractivity contribution in [3.05, 3.63) is 0 Å². The number of carbonyl (C=O) groups excluding carboxylic acids is 2. The van der Waals surface area contributed by atoms with E-state index in [4.69, 9.17) is 9.47 Å². The Labute approximate surface area is 202 Å². The van der Waals surface area contributed by atoms with Crippen LogP contribution in [0.4, 0.5) is 4.79 Å². The quantitative estimate of drug-likeness (QED) is 0.567. The number of fused-ring (bicyclic) bond motifs is 1. The van der Waals surface area contributed by atoms with Crippen molar-refractivity contribution >= 4 is 23.8 Å². The zero-order valence-corrected chi connectivity index (χ0v) is 21.6. The molecule has 9 heteroatoms. The Morgan fingerprint density at radius 1 is 1.12 bits per heavy atom. The topological polar surface area (TPSA) is 91.9 Å². The van der Waals surface area contributed by atoms with Crippen LogP contribution in [-0.2, 0) is 14.3 Å². The average Bonchev–Trinajstić information content (AvgIpc) is 3.31. The molecule has 3 saturated heterocycles. The first kappa shape index (κ1) is 25.1. The number of methoxy groups -OCH3 is 1. The lowest BCUT2D eigenvalue weighted by molar-refractivity contribution is -0.130. The third kappa shape index (κ3) is 5.97. The third-order valence-electron chi connectivity index (χ3n) is 7.64. The molecule has 0 aromatic carbocycles. The van der Waals surface area contributed by atoms with Gasteiger partial charge in [-0.3, -0.25) is 10.1 Å². The number of hydrogen-bond acceptors (Lipinski definition) is 7. The molecule has 8 unspecified atom stereocenters. The summed E-state index contributed by atoms with van der Waals surface area (Å²) >= 11 is 1.72. The van der Waals surface area contributed by atoms with Crippen LogP contribution in [0.2, 0.25) is 0 Å². The minimum absolute atomic E-state index is 0.0388. The van der Waals surface area contributed by atoms with Gasteiger partial charge in [0.1, 0.15) is 11.1 Å². The highest BCUT2D eigenvalue weighted by Crippen LogP contribution is 2.40. The van der Waals surface area contributed by atoms with Gasteiger partial charge in [-0.15, -0.1) is 11.8 Å². The van der Waals surface area contributed by atoms with E-state index in [0.717, 1.165) is 25.8 Å². The van der Waals surface area contributed by atoms with Crippen molar-refractivity contribution in [1.82, 2.24) is 20.9 Å². The predicted molar refractivity (Wildman–Crippen MR) is 130 cm³/mol. The van der Waals surface area contributed by atoms with Crippen LogP contribution in [0.3, 0.4) is 0 Å². The summed E-state index contributed by atoms with van der Waals surface area (Å²) in [6, 6.07) is 0.597. The Bertz CT molecular complexity index is 703. The van der Waals surface area contributed by atoms with Gasteiger partial charge in [-0.05, 0) is 58.8 Å². The fourth-order valence-corrected chi connectivity index (χ4v) is 7.48. The number of piperidine rings is 1. The second kappa shape index (κ2) is 10.3. The molecule has 3 heterocycles. The number of amides is 2. The molecule has 0 bridgehead atoms.